The number of nitrogens with zero attached hydrogens (tertiary/aromatic N) is 2. The molecule has 0 fully saturated rings. The summed E-state index contributed by atoms with van der Waals surface area (Å²) in [4.78, 5) is 31.0. The van der Waals surface area contributed by atoms with Gasteiger partial charge in [-0.05, 0) is 66.7 Å². The van der Waals surface area contributed by atoms with Crippen molar-refractivity contribution in [2.45, 2.75) is 0 Å². The van der Waals surface area contributed by atoms with Crippen LogP contribution in [0.5, 0.6) is 11.5 Å². The third-order valence-corrected chi connectivity index (χ3v) is 5.38. The molecular formula is C28H19ClN2O4. The SMILES string of the molecule is C#CCN(c1ccc(Cl)cc1)c1ccc(C(=O)c2ccc(Oc3ccccc3)c(C(=O)O)c2)nc1. The van der Waals surface area contributed by atoms with E-state index in [0.717, 1.165) is 5.69 Å². The Kier molecular flexibility index (Phi) is 7.10. The number of anilines is 2. The van der Waals surface area contributed by atoms with Gasteiger partial charge in [-0.25, -0.2) is 4.79 Å². The van der Waals surface area contributed by atoms with Crippen LogP contribution in [0.15, 0.2) is 91.1 Å². The molecule has 0 aliphatic carbocycles. The van der Waals surface area contributed by atoms with Crippen molar-refractivity contribution >= 4 is 34.7 Å². The number of benzene rings is 3. The van der Waals surface area contributed by atoms with Gasteiger partial charge in [0.05, 0.1) is 18.4 Å². The standard InChI is InChI=1S/C28H19ClN2O4/c1-2-16-31(21-11-9-20(29)10-12-21)22-13-14-25(30-18-22)27(32)19-8-15-26(24(17-19)28(33)34)35-23-6-4-3-5-7-23/h1,3-15,17-18H,16H2,(H,33,34). The molecular weight excluding hydrogens is 464 g/mol. The highest BCUT2D eigenvalue weighted by Gasteiger charge is 2.19. The van der Waals surface area contributed by atoms with Crippen LogP contribution in [-0.2, 0) is 0 Å². The molecule has 4 rings (SSSR count). The van der Waals surface area contributed by atoms with E-state index < -0.39 is 11.8 Å². The number of pyridine rings is 1. The lowest BCUT2D eigenvalue weighted by Crippen LogP contribution is -2.17. The highest BCUT2D eigenvalue weighted by molar-refractivity contribution is 6.30. The number of hydrogen-bond donors (Lipinski definition) is 1. The van der Waals surface area contributed by atoms with Crippen LogP contribution in [0.4, 0.5) is 11.4 Å². The summed E-state index contributed by atoms with van der Waals surface area (Å²) in [6, 6.07) is 23.6. The first-order valence-electron chi connectivity index (χ1n) is 10.5. The molecule has 7 heteroatoms. The van der Waals surface area contributed by atoms with Gasteiger partial charge in [-0.3, -0.25) is 9.78 Å². The molecule has 0 saturated carbocycles. The van der Waals surface area contributed by atoms with Crippen molar-refractivity contribution in [1.29, 1.82) is 0 Å². The van der Waals surface area contributed by atoms with Crippen LogP contribution >= 0.6 is 11.6 Å². The average molecular weight is 483 g/mol. The molecule has 1 aromatic heterocycles. The van der Waals surface area contributed by atoms with Crippen molar-refractivity contribution in [3.05, 3.63) is 113 Å². The zero-order chi connectivity index (χ0) is 24.8. The van der Waals surface area contributed by atoms with Gasteiger partial charge in [0.1, 0.15) is 22.8 Å². The van der Waals surface area contributed by atoms with E-state index in [-0.39, 0.29) is 22.6 Å². The van der Waals surface area contributed by atoms with Crippen molar-refractivity contribution in [3.8, 4) is 23.8 Å². The number of hydrogen-bond acceptors (Lipinski definition) is 5. The Morgan fingerprint density at radius 3 is 2.31 bits per heavy atom. The van der Waals surface area contributed by atoms with Gasteiger partial charge in [-0.15, -0.1) is 6.42 Å². The second kappa shape index (κ2) is 10.6. The Hall–Kier alpha value is -4.60. The van der Waals surface area contributed by atoms with E-state index in [1.165, 1.54) is 18.2 Å². The number of carboxylic acids is 1. The minimum absolute atomic E-state index is 0.126. The number of carbonyl (C=O) groups is 2. The van der Waals surface area contributed by atoms with Crippen LogP contribution < -0.4 is 9.64 Å². The summed E-state index contributed by atoms with van der Waals surface area (Å²) < 4.78 is 5.69. The van der Waals surface area contributed by atoms with E-state index in [9.17, 15) is 14.7 Å². The Morgan fingerprint density at radius 1 is 0.971 bits per heavy atom. The minimum atomic E-state index is -1.21. The summed E-state index contributed by atoms with van der Waals surface area (Å²) in [5.74, 6) is 1.61. The molecule has 0 radical (unpaired) electrons. The molecule has 0 bridgehead atoms. The van der Waals surface area contributed by atoms with Crippen LogP contribution in [-0.4, -0.2) is 28.4 Å². The van der Waals surface area contributed by atoms with Gasteiger partial charge in [-0.2, -0.15) is 0 Å². The number of halogens is 1. The predicted molar refractivity (Wildman–Crippen MR) is 135 cm³/mol. The van der Waals surface area contributed by atoms with E-state index in [0.29, 0.717) is 23.0 Å². The van der Waals surface area contributed by atoms with E-state index in [1.54, 1.807) is 54.7 Å². The number of aromatic nitrogens is 1. The fourth-order valence-electron chi connectivity index (χ4n) is 3.41. The largest absolute Gasteiger partial charge is 0.478 e. The molecule has 35 heavy (non-hydrogen) atoms. The van der Waals surface area contributed by atoms with Gasteiger partial charge in [0.15, 0.2) is 0 Å². The number of para-hydroxylation sites is 1. The maximum atomic E-state index is 13.0. The molecule has 0 amide bonds. The first kappa shape index (κ1) is 23.6. The highest BCUT2D eigenvalue weighted by Crippen LogP contribution is 2.28. The second-order valence-electron chi connectivity index (χ2n) is 7.43. The fraction of sp³-hybridized carbons (Fsp3) is 0.0357. The van der Waals surface area contributed by atoms with Crippen molar-refractivity contribution in [3.63, 3.8) is 0 Å². The Morgan fingerprint density at radius 2 is 1.69 bits per heavy atom. The molecule has 6 nitrogen and oxygen atoms in total. The molecule has 0 aliphatic rings. The lowest BCUT2D eigenvalue weighted by atomic mass is 10.0. The van der Waals surface area contributed by atoms with Crippen molar-refractivity contribution in [2.75, 3.05) is 11.4 Å². The first-order valence-corrected chi connectivity index (χ1v) is 10.9. The lowest BCUT2D eigenvalue weighted by Gasteiger charge is -2.22. The number of carboxylic acid groups (broad SMARTS) is 1. The highest BCUT2D eigenvalue weighted by atomic mass is 35.5. The number of rotatable bonds is 8. The average Bonchev–Trinajstić information content (AvgIpc) is 2.88. The number of aromatic carboxylic acids is 1. The second-order valence-corrected chi connectivity index (χ2v) is 7.87. The quantitative estimate of drug-likeness (QED) is 0.237. The first-order chi connectivity index (χ1) is 17.0. The van der Waals surface area contributed by atoms with Crippen LogP contribution in [0.25, 0.3) is 0 Å². The Balaban J connectivity index is 1.59. The fourth-order valence-corrected chi connectivity index (χ4v) is 3.54. The van der Waals surface area contributed by atoms with Gasteiger partial charge in [0.2, 0.25) is 5.78 Å². The zero-order valence-electron chi connectivity index (χ0n) is 18.4. The van der Waals surface area contributed by atoms with Crippen molar-refractivity contribution in [1.82, 2.24) is 4.98 Å². The third kappa shape index (κ3) is 5.49. The van der Waals surface area contributed by atoms with Gasteiger partial charge in [0.25, 0.3) is 0 Å². The van der Waals surface area contributed by atoms with Crippen molar-refractivity contribution in [2.24, 2.45) is 0 Å². The lowest BCUT2D eigenvalue weighted by molar-refractivity contribution is 0.0694. The van der Waals surface area contributed by atoms with Gasteiger partial charge >= 0.3 is 5.97 Å². The molecule has 0 aliphatic heterocycles. The van der Waals surface area contributed by atoms with Crippen LogP contribution in [0.1, 0.15) is 26.4 Å². The van der Waals surface area contributed by atoms with E-state index in [2.05, 4.69) is 10.9 Å². The van der Waals surface area contributed by atoms with E-state index in [1.807, 2.05) is 23.1 Å². The molecule has 0 saturated heterocycles. The van der Waals surface area contributed by atoms with E-state index >= 15 is 0 Å². The monoisotopic (exact) mass is 482 g/mol. The van der Waals surface area contributed by atoms with Crippen molar-refractivity contribution < 1.29 is 19.4 Å². The topological polar surface area (TPSA) is 79.7 Å². The predicted octanol–water partition coefficient (Wildman–Crippen LogP) is 6.23. The Labute approximate surface area is 207 Å². The summed E-state index contributed by atoms with van der Waals surface area (Å²) in [6.45, 7) is 0.293. The summed E-state index contributed by atoms with van der Waals surface area (Å²) >= 11 is 5.98. The third-order valence-electron chi connectivity index (χ3n) is 5.12. The summed E-state index contributed by atoms with van der Waals surface area (Å²) in [7, 11) is 0. The van der Waals surface area contributed by atoms with Gasteiger partial charge in [0, 0.05) is 16.3 Å². The summed E-state index contributed by atoms with van der Waals surface area (Å²) in [6.07, 6.45) is 7.08. The van der Waals surface area contributed by atoms with Gasteiger partial charge < -0.3 is 14.7 Å². The number of ether oxygens (including phenoxy) is 1. The maximum absolute atomic E-state index is 13.0. The molecule has 0 unspecified atom stereocenters. The summed E-state index contributed by atoms with van der Waals surface area (Å²) in [5.41, 5.74) is 1.74. The van der Waals surface area contributed by atoms with Crippen LogP contribution in [0, 0.1) is 12.3 Å². The molecule has 1 N–H and O–H groups in total. The molecule has 3 aromatic carbocycles. The zero-order valence-corrected chi connectivity index (χ0v) is 19.1. The number of ketones is 1. The Bertz CT molecular complexity index is 1400. The van der Waals surface area contributed by atoms with Crippen LogP contribution in [0.2, 0.25) is 5.02 Å². The summed E-state index contributed by atoms with van der Waals surface area (Å²) in [5, 5.41) is 10.3. The normalized spacial score (nSPS) is 10.3. The molecule has 0 atom stereocenters. The molecule has 4 aromatic rings. The molecule has 172 valence electrons. The minimum Gasteiger partial charge on any atom is -0.478 e. The smallest absolute Gasteiger partial charge is 0.339 e. The molecule has 0 spiro atoms. The molecule has 1 heterocycles. The van der Waals surface area contributed by atoms with Crippen LogP contribution in [0.3, 0.4) is 0 Å². The number of terminal acetylenes is 1. The number of carbonyl (C=O) groups excluding carboxylic acids is 1. The maximum Gasteiger partial charge on any atom is 0.339 e. The van der Waals surface area contributed by atoms with Gasteiger partial charge in [-0.1, -0.05) is 35.7 Å². The van der Waals surface area contributed by atoms with E-state index in [4.69, 9.17) is 22.8 Å².